The number of hydrogen-bond acceptors (Lipinski definition) is 2. The smallest absolute Gasteiger partial charge is 0.241 e. The van der Waals surface area contributed by atoms with Crippen molar-refractivity contribution in [3.05, 3.63) is 0 Å². The van der Waals surface area contributed by atoms with Crippen LogP contribution in [-0.2, 0) is 4.79 Å². The van der Waals surface area contributed by atoms with Gasteiger partial charge in [-0.2, -0.15) is 0 Å². The molecular formula is C10H17BrN2O. The van der Waals surface area contributed by atoms with E-state index in [9.17, 15) is 4.79 Å². The molecule has 0 unspecified atom stereocenters. The third-order valence-corrected chi connectivity index (χ3v) is 6.90. The number of fused-ring (bicyclic) bond motifs is 1. The first kappa shape index (κ1) is 10.4. The molecule has 80 valence electrons. The average Bonchev–Trinajstić information content (AvgIpc) is 2.54. The van der Waals surface area contributed by atoms with Gasteiger partial charge in [-0.05, 0) is 23.7 Å². The van der Waals surface area contributed by atoms with Gasteiger partial charge in [0, 0.05) is 4.83 Å². The molecule has 3 N–H and O–H groups in total. The number of nitrogens with two attached hydrogens (primary N) is 1. The highest BCUT2D eigenvalue weighted by atomic mass is 79.9. The van der Waals surface area contributed by atoms with E-state index >= 15 is 0 Å². The SMILES string of the molecule is CC1(C)[C@@]2(C)CC[C@]1(C(=O)NN)[C@H]2Br. The number of carbonyl (C=O) groups is 1. The predicted octanol–water partition coefficient (Wildman–Crippen LogP) is 1.57. The third-order valence-electron chi connectivity index (χ3n) is 5.11. The van der Waals surface area contributed by atoms with E-state index in [4.69, 9.17) is 5.84 Å². The van der Waals surface area contributed by atoms with E-state index in [2.05, 4.69) is 42.1 Å². The van der Waals surface area contributed by atoms with Crippen LogP contribution < -0.4 is 11.3 Å². The maximum absolute atomic E-state index is 11.9. The Morgan fingerprint density at radius 3 is 2.29 bits per heavy atom. The lowest BCUT2D eigenvalue weighted by molar-refractivity contribution is -0.161. The molecule has 2 bridgehead atoms. The average molecular weight is 261 g/mol. The topological polar surface area (TPSA) is 55.1 Å². The highest BCUT2D eigenvalue weighted by Gasteiger charge is 2.79. The molecule has 0 radical (unpaired) electrons. The summed E-state index contributed by atoms with van der Waals surface area (Å²) in [6.07, 6.45) is 2.04. The lowest BCUT2D eigenvalue weighted by atomic mass is 9.43. The van der Waals surface area contributed by atoms with E-state index in [1.165, 1.54) is 0 Å². The molecule has 3 rings (SSSR count). The number of amides is 1. The predicted molar refractivity (Wildman–Crippen MR) is 58.6 cm³/mol. The van der Waals surface area contributed by atoms with Gasteiger partial charge in [0.2, 0.25) is 5.91 Å². The minimum Gasteiger partial charge on any atom is -0.294 e. The Labute approximate surface area is 92.9 Å². The van der Waals surface area contributed by atoms with Gasteiger partial charge in [0.25, 0.3) is 0 Å². The Morgan fingerprint density at radius 2 is 2.00 bits per heavy atom. The highest BCUT2D eigenvalue weighted by molar-refractivity contribution is 9.09. The van der Waals surface area contributed by atoms with E-state index in [1.54, 1.807) is 0 Å². The van der Waals surface area contributed by atoms with Crippen LogP contribution in [0.5, 0.6) is 0 Å². The number of hydrogen-bond donors (Lipinski definition) is 2. The van der Waals surface area contributed by atoms with Crippen LogP contribution in [-0.4, -0.2) is 10.7 Å². The normalized spacial score (nSPS) is 48.5. The second-order valence-electron chi connectivity index (χ2n) is 5.35. The van der Waals surface area contributed by atoms with Gasteiger partial charge in [-0.15, -0.1) is 0 Å². The van der Waals surface area contributed by atoms with Gasteiger partial charge in [0.05, 0.1) is 5.41 Å². The molecule has 0 aromatic heterocycles. The van der Waals surface area contributed by atoms with Crippen molar-refractivity contribution in [3.8, 4) is 0 Å². The summed E-state index contributed by atoms with van der Waals surface area (Å²) in [5, 5.41) is 0. The standard InChI is InChI=1S/C10H17BrN2O/c1-8(2)9(3)4-5-10(8,6(9)11)7(14)13-12/h6H,4-5,12H2,1-3H3,(H,13,14)/t6-,9-,10+/m0/s1. The Kier molecular flexibility index (Phi) is 1.88. The van der Waals surface area contributed by atoms with Gasteiger partial charge in [0.1, 0.15) is 0 Å². The monoisotopic (exact) mass is 260 g/mol. The van der Waals surface area contributed by atoms with Crippen molar-refractivity contribution in [2.24, 2.45) is 22.1 Å². The Bertz CT molecular complexity index is 304. The molecule has 0 spiro atoms. The Hall–Kier alpha value is -0.0900. The largest absolute Gasteiger partial charge is 0.294 e. The van der Waals surface area contributed by atoms with E-state index in [1.807, 2.05) is 0 Å². The number of hydrazine groups is 1. The van der Waals surface area contributed by atoms with Crippen molar-refractivity contribution < 1.29 is 4.79 Å². The first-order valence-electron chi connectivity index (χ1n) is 5.00. The van der Waals surface area contributed by atoms with Crippen LogP contribution in [0.25, 0.3) is 0 Å². The molecule has 0 aliphatic heterocycles. The summed E-state index contributed by atoms with van der Waals surface area (Å²) >= 11 is 3.67. The van der Waals surface area contributed by atoms with Crippen molar-refractivity contribution in [2.45, 2.75) is 38.4 Å². The second kappa shape index (κ2) is 2.53. The number of halogens is 1. The molecular weight excluding hydrogens is 244 g/mol. The number of alkyl halides is 1. The zero-order valence-corrected chi connectivity index (χ0v) is 10.4. The van der Waals surface area contributed by atoms with Crippen LogP contribution >= 0.6 is 15.9 Å². The lowest BCUT2D eigenvalue weighted by Crippen LogP contribution is -2.69. The van der Waals surface area contributed by atoms with Crippen molar-refractivity contribution in [3.63, 3.8) is 0 Å². The van der Waals surface area contributed by atoms with E-state index in [-0.39, 0.29) is 27.0 Å². The van der Waals surface area contributed by atoms with E-state index in [0.717, 1.165) is 12.8 Å². The molecule has 3 aliphatic carbocycles. The van der Waals surface area contributed by atoms with Crippen LogP contribution in [0.3, 0.4) is 0 Å². The highest BCUT2D eigenvalue weighted by Crippen LogP contribution is 2.79. The van der Waals surface area contributed by atoms with Crippen molar-refractivity contribution >= 4 is 21.8 Å². The van der Waals surface area contributed by atoms with Crippen LogP contribution in [0.2, 0.25) is 0 Å². The van der Waals surface area contributed by atoms with Crippen LogP contribution in [0.4, 0.5) is 0 Å². The zero-order chi connectivity index (χ0) is 10.8. The summed E-state index contributed by atoms with van der Waals surface area (Å²) in [5.74, 6) is 5.25. The fourth-order valence-electron chi connectivity index (χ4n) is 3.59. The van der Waals surface area contributed by atoms with Gasteiger partial charge < -0.3 is 0 Å². The molecule has 3 saturated carbocycles. The third kappa shape index (κ3) is 0.703. The van der Waals surface area contributed by atoms with Crippen LogP contribution in [0.15, 0.2) is 0 Å². The quantitative estimate of drug-likeness (QED) is 0.326. The number of carbonyl (C=O) groups excluding carboxylic acids is 1. The van der Waals surface area contributed by atoms with Crippen LogP contribution in [0, 0.1) is 16.2 Å². The van der Waals surface area contributed by atoms with Gasteiger partial charge in [-0.3, -0.25) is 10.2 Å². The minimum atomic E-state index is -0.295. The van der Waals surface area contributed by atoms with E-state index < -0.39 is 0 Å². The fraction of sp³-hybridized carbons (Fsp3) is 0.900. The van der Waals surface area contributed by atoms with E-state index in [0.29, 0.717) is 0 Å². The summed E-state index contributed by atoms with van der Waals surface area (Å²) in [7, 11) is 0. The molecule has 0 heterocycles. The van der Waals surface area contributed by atoms with Crippen LogP contribution in [0.1, 0.15) is 33.6 Å². The Balaban J connectivity index is 2.44. The lowest BCUT2D eigenvalue weighted by Gasteiger charge is -2.63. The fourth-order valence-corrected chi connectivity index (χ4v) is 5.40. The molecule has 0 aromatic carbocycles. The van der Waals surface area contributed by atoms with Gasteiger partial charge in [-0.1, -0.05) is 36.7 Å². The molecule has 3 nitrogen and oxygen atoms in total. The maximum atomic E-state index is 11.9. The van der Waals surface area contributed by atoms with Crippen molar-refractivity contribution in [1.29, 1.82) is 0 Å². The minimum absolute atomic E-state index is 0.0145. The first-order chi connectivity index (χ1) is 6.34. The molecule has 14 heavy (non-hydrogen) atoms. The van der Waals surface area contributed by atoms with Crippen molar-refractivity contribution in [2.75, 3.05) is 0 Å². The molecule has 0 aromatic rings. The van der Waals surface area contributed by atoms with Gasteiger partial charge in [-0.25, -0.2) is 5.84 Å². The Morgan fingerprint density at radius 1 is 1.43 bits per heavy atom. The summed E-state index contributed by atoms with van der Waals surface area (Å²) in [4.78, 5) is 12.1. The molecule has 3 fully saturated rings. The maximum Gasteiger partial charge on any atom is 0.241 e. The molecule has 3 atom stereocenters. The summed E-state index contributed by atoms with van der Waals surface area (Å²) in [6, 6.07) is 0. The summed E-state index contributed by atoms with van der Waals surface area (Å²) < 4.78 is 0. The molecule has 0 saturated heterocycles. The number of rotatable bonds is 1. The molecule has 4 heteroatoms. The van der Waals surface area contributed by atoms with Crippen molar-refractivity contribution in [1.82, 2.24) is 5.43 Å². The van der Waals surface area contributed by atoms with Gasteiger partial charge in [0.15, 0.2) is 0 Å². The second-order valence-corrected chi connectivity index (χ2v) is 6.27. The summed E-state index contributed by atoms with van der Waals surface area (Å²) in [6.45, 7) is 6.60. The zero-order valence-electron chi connectivity index (χ0n) is 8.86. The summed E-state index contributed by atoms with van der Waals surface area (Å²) in [5.41, 5.74) is 2.30. The van der Waals surface area contributed by atoms with Gasteiger partial charge >= 0.3 is 0 Å². The first-order valence-corrected chi connectivity index (χ1v) is 5.91. The molecule has 1 amide bonds. The number of nitrogens with one attached hydrogen (secondary N) is 1. The molecule has 3 aliphatic rings.